The third-order valence-corrected chi connectivity index (χ3v) is 3.87. The maximum Gasteiger partial charge on any atom is 0.416 e. The number of anilines is 1. The average molecular weight is 312 g/mol. The van der Waals surface area contributed by atoms with Crippen molar-refractivity contribution in [3.63, 3.8) is 0 Å². The molecule has 1 aliphatic carbocycles. The lowest BCUT2D eigenvalue weighted by molar-refractivity contribution is -0.137. The van der Waals surface area contributed by atoms with Crippen molar-refractivity contribution in [1.82, 2.24) is 0 Å². The number of alkyl halides is 3. The highest BCUT2D eigenvalue weighted by Crippen LogP contribution is 2.34. The highest BCUT2D eigenvalue weighted by atomic mass is 35.5. The maximum absolute atomic E-state index is 12.8. The van der Waals surface area contributed by atoms with Gasteiger partial charge in [-0.1, -0.05) is 35.9 Å². The molecule has 0 saturated carbocycles. The SMILES string of the molecule is FC(F)(F)c1cc(Cl)cc(NC2Cc3ccccc3C2)c1. The molecule has 5 heteroatoms. The minimum absolute atomic E-state index is 0.0860. The first-order valence-electron chi connectivity index (χ1n) is 6.63. The fourth-order valence-corrected chi connectivity index (χ4v) is 2.97. The van der Waals surface area contributed by atoms with Crippen molar-refractivity contribution in [3.05, 3.63) is 64.2 Å². The Morgan fingerprint density at radius 3 is 2.19 bits per heavy atom. The number of halogens is 4. The number of hydrogen-bond acceptors (Lipinski definition) is 1. The Hall–Kier alpha value is -1.68. The molecule has 1 nitrogen and oxygen atoms in total. The predicted molar refractivity (Wildman–Crippen MR) is 77.7 cm³/mol. The van der Waals surface area contributed by atoms with E-state index in [-0.39, 0.29) is 11.1 Å². The standard InChI is InChI=1S/C16H13ClF3N/c17-13-7-12(16(18,19)20)8-15(9-13)21-14-5-10-3-1-2-4-11(10)6-14/h1-4,7-9,14,21H,5-6H2. The predicted octanol–water partition coefficient (Wildman–Crippen LogP) is 4.94. The molecule has 1 aliphatic rings. The second kappa shape index (κ2) is 5.26. The van der Waals surface area contributed by atoms with Crippen molar-refractivity contribution in [2.75, 3.05) is 5.32 Å². The summed E-state index contributed by atoms with van der Waals surface area (Å²) in [6, 6.07) is 11.7. The van der Waals surface area contributed by atoms with Gasteiger partial charge in [0.05, 0.1) is 5.56 Å². The molecule has 0 spiro atoms. The molecule has 0 saturated heterocycles. The van der Waals surface area contributed by atoms with Crippen LogP contribution in [0.3, 0.4) is 0 Å². The van der Waals surface area contributed by atoms with E-state index < -0.39 is 11.7 Å². The van der Waals surface area contributed by atoms with Gasteiger partial charge in [-0.25, -0.2) is 0 Å². The van der Waals surface area contributed by atoms with Crippen LogP contribution < -0.4 is 5.32 Å². The van der Waals surface area contributed by atoms with Crippen LogP contribution in [-0.4, -0.2) is 6.04 Å². The normalized spacial score (nSPS) is 15.0. The summed E-state index contributed by atoms with van der Waals surface area (Å²) in [5.41, 5.74) is 2.17. The van der Waals surface area contributed by atoms with Crippen molar-refractivity contribution in [2.45, 2.75) is 25.1 Å². The summed E-state index contributed by atoms with van der Waals surface area (Å²) < 4.78 is 38.4. The number of nitrogens with one attached hydrogen (secondary N) is 1. The second-order valence-corrected chi connectivity index (χ2v) is 5.68. The molecule has 110 valence electrons. The number of benzene rings is 2. The molecular weight excluding hydrogens is 299 g/mol. The zero-order chi connectivity index (χ0) is 15.0. The summed E-state index contributed by atoms with van der Waals surface area (Å²) in [6.45, 7) is 0. The molecule has 0 atom stereocenters. The quantitative estimate of drug-likeness (QED) is 0.828. The van der Waals surface area contributed by atoms with Crippen molar-refractivity contribution in [2.24, 2.45) is 0 Å². The Labute approximate surface area is 125 Å². The fraction of sp³-hybridized carbons (Fsp3) is 0.250. The molecular formula is C16H13ClF3N. The van der Waals surface area contributed by atoms with Crippen LogP contribution in [0.15, 0.2) is 42.5 Å². The average Bonchev–Trinajstić information content (AvgIpc) is 2.79. The minimum atomic E-state index is -4.39. The van der Waals surface area contributed by atoms with Crippen LogP contribution in [0.2, 0.25) is 5.02 Å². The summed E-state index contributed by atoms with van der Waals surface area (Å²) in [5, 5.41) is 3.24. The largest absolute Gasteiger partial charge is 0.416 e. The first-order chi connectivity index (χ1) is 9.91. The van der Waals surface area contributed by atoms with E-state index in [4.69, 9.17) is 11.6 Å². The molecule has 1 N–H and O–H groups in total. The Morgan fingerprint density at radius 1 is 1.00 bits per heavy atom. The molecule has 0 amide bonds. The number of hydrogen-bond donors (Lipinski definition) is 1. The zero-order valence-corrected chi connectivity index (χ0v) is 11.8. The fourth-order valence-electron chi connectivity index (χ4n) is 2.73. The van der Waals surface area contributed by atoms with Crippen LogP contribution in [0.25, 0.3) is 0 Å². The van der Waals surface area contributed by atoms with Gasteiger partial charge >= 0.3 is 6.18 Å². The van der Waals surface area contributed by atoms with Gasteiger partial charge in [-0.15, -0.1) is 0 Å². The lowest BCUT2D eigenvalue weighted by Crippen LogP contribution is -2.20. The van der Waals surface area contributed by atoms with Crippen molar-refractivity contribution < 1.29 is 13.2 Å². The maximum atomic E-state index is 12.8. The molecule has 21 heavy (non-hydrogen) atoms. The van der Waals surface area contributed by atoms with Crippen molar-refractivity contribution in [3.8, 4) is 0 Å². The van der Waals surface area contributed by atoms with Crippen LogP contribution in [0, 0.1) is 0 Å². The van der Waals surface area contributed by atoms with Gasteiger partial charge in [0.25, 0.3) is 0 Å². The summed E-state index contributed by atoms with van der Waals surface area (Å²) >= 11 is 5.79. The number of fused-ring (bicyclic) bond motifs is 1. The number of rotatable bonds is 2. The lowest BCUT2D eigenvalue weighted by Gasteiger charge is -2.16. The highest BCUT2D eigenvalue weighted by molar-refractivity contribution is 6.30. The summed E-state index contributed by atoms with van der Waals surface area (Å²) in [4.78, 5) is 0. The van der Waals surface area contributed by atoms with Gasteiger partial charge in [-0.2, -0.15) is 13.2 Å². The van der Waals surface area contributed by atoms with Crippen LogP contribution in [0.1, 0.15) is 16.7 Å². The molecule has 0 radical (unpaired) electrons. The van der Waals surface area contributed by atoms with E-state index in [1.54, 1.807) is 0 Å². The van der Waals surface area contributed by atoms with Crippen LogP contribution in [0.4, 0.5) is 18.9 Å². The van der Waals surface area contributed by atoms with Gasteiger partial charge in [0, 0.05) is 16.8 Å². The summed E-state index contributed by atoms with van der Waals surface area (Å²) in [7, 11) is 0. The van der Waals surface area contributed by atoms with Crippen molar-refractivity contribution in [1.29, 1.82) is 0 Å². The van der Waals surface area contributed by atoms with Crippen molar-refractivity contribution >= 4 is 17.3 Å². The molecule has 0 bridgehead atoms. The first-order valence-corrected chi connectivity index (χ1v) is 7.01. The third-order valence-electron chi connectivity index (χ3n) is 3.65. The Kier molecular flexibility index (Phi) is 3.57. The van der Waals surface area contributed by atoms with E-state index >= 15 is 0 Å². The first kappa shape index (κ1) is 14.3. The molecule has 0 aliphatic heterocycles. The van der Waals surface area contributed by atoms with Gasteiger partial charge in [0.2, 0.25) is 0 Å². The Morgan fingerprint density at radius 2 is 1.62 bits per heavy atom. The van der Waals surface area contributed by atoms with Gasteiger partial charge in [0.1, 0.15) is 0 Å². The molecule has 0 aromatic heterocycles. The molecule has 3 rings (SSSR count). The highest BCUT2D eigenvalue weighted by Gasteiger charge is 2.31. The van der Waals surface area contributed by atoms with Gasteiger partial charge < -0.3 is 5.32 Å². The van der Waals surface area contributed by atoms with Crippen LogP contribution >= 0.6 is 11.6 Å². The van der Waals surface area contributed by atoms with Crippen LogP contribution in [-0.2, 0) is 19.0 Å². The monoisotopic (exact) mass is 311 g/mol. The topological polar surface area (TPSA) is 12.0 Å². The lowest BCUT2D eigenvalue weighted by atomic mass is 10.1. The molecule has 0 fully saturated rings. The van der Waals surface area contributed by atoms with Gasteiger partial charge in [-0.05, 0) is 42.2 Å². The minimum Gasteiger partial charge on any atom is -0.382 e. The molecule has 0 unspecified atom stereocenters. The Balaban J connectivity index is 1.79. The van der Waals surface area contributed by atoms with E-state index in [1.807, 2.05) is 12.1 Å². The van der Waals surface area contributed by atoms with E-state index in [9.17, 15) is 13.2 Å². The second-order valence-electron chi connectivity index (χ2n) is 5.24. The molecule has 2 aromatic rings. The van der Waals surface area contributed by atoms with E-state index in [0.717, 1.165) is 25.0 Å². The summed E-state index contributed by atoms with van der Waals surface area (Å²) in [5.74, 6) is 0. The van der Waals surface area contributed by atoms with E-state index in [1.165, 1.54) is 17.2 Å². The zero-order valence-electron chi connectivity index (χ0n) is 11.0. The van der Waals surface area contributed by atoms with E-state index in [0.29, 0.717) is 5.69 Å². The molecule has 2 aromatic carbocycles. The van der Waals surface area contributed by atoms with Gasteiger partial charge in [-0.3, -0.25) is 0 Å². The Bertz CT molecular complexity index is 642. The summed E-state index contributed by atoms with van der Waals surface area (Å²) in [6.07, 6.45) is -2.77. The van der Waals surface area contributed by atoms with Crippen LogP contribution in [0.5, 0.6) is 0 Å². The third kappa shape index (κ3) is 3.16. The molecule has 0 heterocycles. The smallest absolute Gasteiger partial charge is 0.382 e. The van der Waals surface area contributed by atoms with E-state index in [2.05, 4.69) is 17.4 Å². The van der Waals surface area contributed by atoms with Gasteiger partial charge in [0.15, 0.2) is 0 Å².